The summed E-state index contributed by atoms with van der Waals surface area (Å²) in [6.45, 7) is 6.12. The van der Waals surface area contributed by atoms with Crippen LogP contribution < -0.4 is 4.74 Å². The Labute approximate surface area is 115 Å². The first-order valence-corrected chi connectivity index (χ1v) is 6.37. The Morgan fingerprint density at radius 2 is 2.05 bits per heavy atom. The van der Waals surface area contributed by atoms with Crippen molar-refractivity contribution < 1.29 is 14.6 Å². The minimum absolute atomic E-state index is 0.666. The fourth-order valence-electron chi connectivity index (χ4n) is 1.83. The van der Waals surface area contributed by atoms with Crippen molar-refractivity contribution in [2.75, 3.05) is 20.7 Å². The molecule has 0 aliphatic carbocycles. The summed E-state index contributed by atoms with van der Waals surface area (Å²) in [5, 5.41) is 9.19. The molecule has 0 bridgehead atoms. The van der Waals surface area contributed by atoms with E-state index in [-0.39, 0.29) is 0 Å². The third-order valence-electron chi connectivity index (χ3n) is 3.63. The number of carbonyl (C=O) groups is 1. The van der Waals surface area contributed by atoms with Crippen LogP contribution in [0.15, 0.2) is 18.2 Å². The molecule has 0 aliphatic heterocycles. The van der Waals surface area contributed by atoms with Gasteiger partial charge in [0.2, 0.25) is 0 Å². The fraction of sp³-hybridized carbons (Fsp3) is 0.533. The average Bonchev–Trinajstić information content (AvgIpc) is 2.35. The van der Waals surface area contributed by atoms with Gasteiger partial charge in [0.05, 0.1) is 7.11 Å². The normalized spacial score (nSPS) is 11.7. The molecule has 19 heavy (non-hydrogen) atoms. The summed E-state index contributed by atoms with van der Waals surface area (Å²) in [5.41, 5.74) is 1.42. The van der Waals surface area contributed by atoms with E-state index < -0.39 is 11.5 Å². The topological polar surface area (TPSA) is 49.8 Å². The lowest BCUT2D eigenvalue weighted by atomic mass is 10.0. The van der Waals surface area contributed by atoms with Crippen LogP contribution in [0.1, 0.15) is 25.0 Å². The Morgan fingerprint density at radius 3 is 2.58 bits per heavy atom. The zero-order valence-corrected chi connectivity index (χ0v) is 12.4. The molecule has 106 valence electrons. The molecule has 1 N–H and O–H groups in total. The Hall–Kier alpha value is -1.55. The van der Waals surface area contributed by atoms with E-state index in [1.807, 2.05) is 31.0 Å². The predicted molar refractivity (Wildman–Crippen MR) is 75.8 cm³/mol. The van der Waals surface area contributed by atoms with Crippen LogP contribution in [0.5, 0.6) is 5.75 Å². The number of nitrogens with zero attached hydrogens (tertiary/aromatic N) is 1. The first-order chi connectivity index (χ1) is 8.78. The molecule has 0 amide bonds. The van der Waals surface area contributed by atoms with Crippen molar-refractivity contribution in [1.29, 1.82) is 0 Å². The van der Waals surface area contributed by atoms with Crippen LogP contribution in [-0.2, 0) is 11.2 Å². The first kappa shape index (κ1) is 15.5. The molecule has 0 aromatic heterocycles. The number of rotatable bonds is 6. The number of aryl methyl sites for hydroxylation is 1. The third-order valence-corrected chi connectivity index (χ3v) is 3.63. The van der Waals surface area contributed by atoms with E-state index in [1.54, 1.807) is 21.0 Å². The standard InChI is InChI=1S/C15H23NO3/c1-11-6-7-13(19-5)12(10-11)8-9-16(4)15(2,3)14(17)18/h6-7,10H,8-9H2,1-5H3,(H,17,18). The average molecular weight is 265 g/mol. The monoisotopic (exact) mass is 265 g/mol. The van der Waals surface area contributed by atoms with Crippen molar-refractivity contribution >= 4 is 5.97 Å². The van der Waals surface area contributed by atoms with Gasteiger partial charge >= 0.3 is 5.97 Å². The van der Waals surface area contributed by atoms with Crippen molar-refractivity contribution in [1.82, 2.24) is 4.90 Å². The van der Waals surface area contributed by atoms with Crippen LogP contribution in [-0.4, -0.2) is 42.2 Å². The van der Waals surface area contributed by atoms with Crippen LogP contribution in [0.2, 0.25) is 0 Å². The molecule has 0 saturated heterocycles. The molecule has 0 unspecified atom stereocenters. The Bertz CT molecular complexity index is 455. The SMILES string of the molecule is COc1ccc(C)cc1CCN(C)C(C)(C)C(=O)O. The highest BCUT2D eigenvalue weighted by atomic mass is 16.5. The van der Waals surface area contributed by atoms with E-state index in [0.717, 1.165) is 17.7 Å². The summed E-state index contributed by atoms with van der Waals surface area (Å²) < 4.78 is 5.33. The molecule has 0 fully saturated rings. The maximum absolute atomic E-state index is 11.2. The number of carboxylic acid groups (broad SMARTS) is 1. The molecule has 0 atom stereocenters. The second-order valence-electron chi connectivity index (χ2n) is 5.35. The highest BCUT2D eigenvalue weighted by Gasteiger charge is 2.31. The van der Waals surface area contributed by atoms with E-state index in [1.165, 1.54) is 5.56 Å². The lowest BCUT2D eigenvalue weighted by Crippen LogP contribution is -2.48. The van der Waals surface area contributed by atoms with Crippen molar-refractivity contribution in [3.05, 3.63) is 29.3 Å². The summed E-state index contributed by atoms with van der Waals surface area (Å²) in [5.74, 6) is 0.0401. The maximum Gasteiger partial charge on any atom is 0.323 e. The minimum Gasteiger partial charge on any atom is -0.496 e. The molecule has 0 heterocycles. The molecule has 4 heteroatoms. The molecule has 1 aromatic rings. The Morgan fingerprint density at radius 1 is 1.42 bits per heavy atom. The second kappa shape index (κ2) is 6.06. The van der Waals surface area contributed by atoms with E-state index >= 15 is 0 Å². The molecule has 0 aliphatic rings. The summed E-state index contributed by atoms with van der Waals surface area (Å²) in [4.78, 5) is 13.0. The molecular formula is C15H23NO3. The number of benzene rings is 1. The van der Waals surface area contributed by atoms with Crippen LogP contribution in [0.4, 0.5) is 0 Å². The molecule has 1 rings (SSSR count). The van der Waals surface area contributed by atoms with Gasteiger partial charge in [0.15, 0.2) is 0 Å². The number of aliphatic carboxylic acids is 1. The van der Waals surface area contributed by atoms with Crippen molar-refractivity contribution in [2.24, 2.45) is 0 Å². The van der Waals surface area contributed by atoms with Crippen LogP contribution in [0, 0.1) is 6.92 Å². The largest absolute Gasteiger partial charge is 0.496 e. The Kier molecular flexibility index (Phi) is 4.95. The summed E-state index contributed by atoms with van der Waals surface area (Å²) in [7, 11) is 3.48. The van der Waals surface area contributed by atoms with Gasteiger partial charge in [-0.05, 0) is 45.9 Å². The van der Waals surface area contributed by atoms with Gasteiger partial charge in [-0.1, -0.05) is 17.7 Å². The first-order valence-electron chi connectivity index (χ1n) is 6.37. The van der Waals surface area contributed by atoms with Crippen LogP contribution in [0.3, 0.4) is 0 Å². The van der Waals surface area contributed by atoms with E-state index in [2.05, 4.69) is 6.07 Å². The predicted octanol–water partition coefficient (Wildman–Crippen LogP) is 2.34. The van der Waals surface area contributed by atoms with E-state index in [9.17, 15) is 9.90 Å². The minimum atomic E-state index is -0.864. The highest BCUT2D eigenvalue weighted by molar-refractivity contribution is 5.77. The second-order valence-corrected chi connectivity index (χ2v) is 5.35. The zero-order chi connectivity index (χ0) is 14.6. The lowest BCUT2D eigenvalue weighted by Gasteiger charge is -2.31. The summed E-state index contributed by atoms with van der Waals surface area (Å²) in [6, 6.07) is 6.04. The maximum atomic E-state index is 11.2. The van der Waals surface area contributed by atoms with Gasteiger partial charge < -0.3 is 9.84 Å². The smallest absolute Gasteiger partial charge is 0.323 e. The zero-order valence-electron chi connectivity index (χ0n) is 12.4. The number of carboxylic acids is 1. The van der Waals surface area contributed by atoms with Gasteiger partial charge in [-0.2, -0.15) is 0 Å². The third kappa shape index (κ3) is 3.70. The van der Waals surface area contributed by atoms with Gasteiger partial charge in [0.25, 0.3) is 0 Å². The number of hydrogen-bond donors (Lipinski definition) is 1. The molecule has 1 aromatic carbocycles. The molecule has 4 nitrogen and oxygen atoms in total. The lowest BCUT2D eigenvalue weighted by molar-refractivity contribution is -0.148. The van der Waals surface area contributed by atoms with Gasteiger partial charge in [-0.25, -0.2) is 0 Å². The fourth-order valence-corrected chi connectivity index (χ4v) is 1.83. The van der Waals surface area contributed by atoms with E-state index in [4.69, 9.17) is 4.74 Å². The number of methoxy groups -OCH3 is 1. The van der Waals surface area contributed by atoms with Crippen molar-refractivity contribution in [3.8, 4) is 5.75 Å². The quantitative estimate of drug-likeness (QED) is 0.857. The summed E-state index contributed by atoms with van der Waals surface area (Å²) in [6.07, 6.45) is 0.762. The number of hydrogen-bond acceptors (Lipinski definition) is 3. The Balaban J connectivity index is 2.77. The van der Waals surface area contributed by atoms with Crippen LogP contribution >= 0.6 is 0 Å². The molecule has 0 spiro atoms. The van der Waals surface area contributed by atoms with Gasteiger partial charge in [0, 0.05) is 6.54 Å². The van der Waals surface area contributed by atoms with Gasteiger partial charge in [0.1, 0.15) is 11.3 Å². The molecule has 0 saturated carbocycles. The molecule has 0 radical (unpaired) electrons. The summed E-state index contributed by atoms with van der Waals surface area (Å²) >= 11 is 0. The number of likely N-dealkylation sites (N-methyl/N-ethyl adjacent to an activating group) is 1. The van der Waals surface area contributed by atoms with Crippen LogP contribution in [0.25, 0.3) is 0 Å². The van der Waals surface area contributed by atoms with Gasteiger partial charge in [-0.15, -0.1) is 0 Å². The van der Waals surface area contributed by atoms with Crippen molar-refractivity contribution in [3.63, 3.8) is 0 Å². The van der Waals surface area contributed by atoms with E-state index in [0.29, 0.717) is 6.54 Å². The van der Waals surface area contributed by atoms with Gasteiger partial charge in [-0.3, -0.25) is 9.69 Å². The number of ether oxygens (including phenoxy) is 1. The molecular weight excluding hydrogens is 242 g/mol. The highest BCUT2D eigenvalue weighted by Crippen LogP contribution is 2.21. The van der Waals surface area contributed by atoms with Crippen molar-refractivity contribution in [2.45, 2.75) is 32.7 Å².